The van der Waals surface area contributed by atoms with Crippen molar-refractivity contribution in [3.05, 3.63) is 0 Å². The van der Waals surface area contributed by atoms with Gasteiger partial charge in [0.1, 0.15) is 19.8 Å². The van der Waals surface area contributed by atoms with Gasteiger partial charge in [-0.3, -0.25) is 9.59 Å². The average Bonchev–Trinajstić information content (AvgIpc) is 2.42. The lowest BCUT2D eigenvalue weighted by Crippen LogP contribution is -2.32. The summed E-state index contributed by atoms with van der Waals surface area (Å²) < 4.78 is 20.0. The van der Waals surface area contributed by atoms with E-state index in [9.17, 15) is 14.4 Å². The Hall–Kier alpha value is -1.50. The van der Waals surface area contributed by atoms with Gasteiger partial charge >= 0.3 is 18.1 Å². The Morgan fingerprint density at radius 3 is 1.48 bits per heavy atom. The molecular formula is C17H29ClO7. The predicted molar refractivity (Wildman–Crippen MR) is 92.1 cm³/mol. The fraction of sp³-hybridized carbons (Fsp3) is 0.824. The molecule has 0 saturated carbocycles. The molecule has 1 unspecified atom stereocenters. The Labute approximate surface area is 154 Å². The van der Waals surface area contributed by atoms with Crippen LogP contribution in [0, 0.1) is 16.7 Å². The lowest BCUT2D eigenvalue weighted by molar-refractivity contribution is -0.159. The second kappa shape index (κ2) is 9.85. The zero-order chi connectivity index (χ0) is 19.8. The smallest absolute Gasteiger partial charge is 0.465 e. The van der Waals surface area contributed by atoms with Crippen molar-refractivity contribution >= 4 is 29.7 Å². The molecule has 0 aliphatic carbocycles. The van der Waals surface area contributed by atoms with Crippen LogP contribution in [0.15, 0.2) is 0 Å². The van der Waals surface area contributed by atoms with Gasteiger partial charge in [0.25, 0.3) is 0 Å². The van der Waals surface area contributed by atoms with Gasteiger partial charge in [-0.1, -0.05) is 11.6 Å². The quantitative estimate of drug-likeness (QED) is 0.379. The van der Waals surface area contributed by atoms with Gasteiger partial charge in [0.15, 0.2) is 5.56 Å². The van der Waals surface area contributed by atoms with Gasteiger partial charge in [0.2, 0.25) is 0 Å². The Morgan fingerprint density at radius 1 is 0.800 bits per heavy atom. The van der Waals surface area contributed by atoms with Crippen LogP contribution in [0.1, 0.15) is 48.5 Å². The van der Waals surface area contributed by atoms with E-state index in [1.165, 1.54) is 6.92 Å². The van der Waals surface area contributed by atoms with Gasteiger partial charge < -0.3 is 18.9 Å². The Kier molecular flexibility index (Phi) is 9.26. The van der Waals surface area contributed by atoms with Crippen LogP contribution in [0.2, 0.25) is 0 Å². The molecule has 0 N–H and O–H groups in total. The largest absolute Gasteiger partial charge is 0.509 e. The van der Waals surface area contributed by atoms with E-state index in [1.54, 1.807) is 41.5 Å². The molecule has 0 aromatic heterocycles. The first-order valence-corrected chi connectivity index (χ1v) is 8.49. The van der Waals surface area contributed by atoms with Crippen LogP contribution in [-0.2, 0) is 28.5 Å². The number of halogens is 1. The second-order valence-corrected chi connectivity index (χ2v) is 8.40. The van der Waals surface area contributed by atoms with Crippen molar-refractivity contribution in [2.24, 2.45) is 16.7 Å². The molecule has 0 saturated heterocycles. The molecule has 0 fully saturated rings. The molecule has 0 aliphatic heterocycles. The molecule has 0 rings (SSSR count). The van der Waals surface area contributed by atoms with Crippen LogP contribution >= 0.6 is 11.6 Å². The molecule has 7 nitrogen and oxygen atoms in total. The highest BCUT2D eigenvalue weighted by Gasteiger charge is 2.27. The second-order valence-electron chi connectivity index (χ2n) is 7.78. The van der Waals surface area contributed by atoms with Crippen molar-refractivity contribution in [1.29, 1.82) is 0 Å². The number of carbonyl (C=O) groups excluding carboxylic acids is 3. The van der Waals surface area contributed by atoms with Crippen LogP contribution in [0.3, 0.4) is 0 Å². The van der Waals surface area contributed by atoms with E-state index in [2.05, 4.69) is 4.74 Å². The summed E-state index contributed by atoms with van der Waals surface area (Å²) in [5.74, 6) is -1.33. The third kappa shape index (κ3) is 10.9. The predicted octanol–water partition coefficient (Wildman–Crippen LogP) is 3.52. The topological polar surface area (TPSA) is 88.1 Å². The lowest BCUT2D eigenvalue weighted by atomic mass is 9.97. The number of rotatable bonds is 7. The van der Waals surface area contributed by atoms with E-state index in [-0.39, 0.29) is 19.8 Å². The zero-order valence-corrected chi connectivity index (χ0v) is 16.8. The Bertz CT molecular complexity index is 431. The third-order valence-electron chi connectivity index (χ3n) is 2.82. The summed E-state index contributed by atoms with van der Waals surface area (Å²) in [6, 6.07) is 0. The minimum Gasteiger partial charge on any atom is -0.465 e. The number of alkyl halides is 1. The van der Waals surface area contributed by atoms with Gasteiger partial charge in [-0.05, 0) is 48.5 Å². The van der Waals surface area contributed by atoms with E-state index >= 15 is 0 Å². The molecule has 8 heteroatoms. The minimum atomic E-state index is -0.947. The molecule has 25 heavy (non-hydrogen) atoms. The zero-order valence-electron chi connectivity index (χ0n) is 16.0. The minimum absolute atomic E-state index is 0.0583. The summed E-state index contributed by atoms with van der Waals surface area (Å²) >= 11 is 5.53. The molecule has 0 amide bonds. The molecule has 1 atom stereocenters. The van der Waals surface area contributed by atoms with Gasteiger partial charge in [0.05, 0.1) is 16.7 Å². The first-order chi connectivity index (χ1) is 11.2. The van der Waals surface area contributed by atoms with Crippen LogP contribution < -0.4 is 0 Å². The van der Waals surface area contributed by atoms with Crippen LogP contribution in [0.25, 0.3) is 0 Å². The first-order valence-electron chi connectivity index (χ1n) is 8.05. The molecule has 0 bridgehead atoms. The molecule has 0 aromatic carbocycles. The standard InChI is InChI=1S/C17H29ClO7/c1-11(18)25-15(21)24-10-12(8-22-13(19)16(2,3)4)9-23-14(20)17(5,6)7/h11-12H,8-10H2,1-7H3. The molecule has 146 valence electrons. The molecule has 0 spiro atoms. The summed E-state index contributed by atoms with van der Waals surface area (Å²) in [7, 11) is 0. The van der Waals surface area contributed by atoms with E-state index in [1.807, 2.05) is 0 Å². The highest BCUT2D eigenvalue weighted by Crippen LogP contribution is 2.18. The van der Waals surface area contributed by atoms with Crippen molar-refractivity contribution in [3.8, 4) is 0 Å². The van der Waals surface area contributed by atoms with Gasteiger partial charge in [-0.15, -0.1) is 0 Å². The maximum atomic E-state index is 11.9. The Balaban J connectivity index is 4.67. The summed E-state index contributed by atoms with van der Waals surface area (Å²) in [5.41, 5.74) is -2.16. The van der Waals surface area contributed by atoms with Crippen molar-refractivity contribution in [1.82, 2.24) is 0 Å². The number of hydrogen-bond donors (Lipinski definition) is 0. The SMILES string of the molecule is CC(Cl)OC(=O)OCC(COC(=O)C(C)(C)C)COC(=O)C(C)(C)C. The maximum Gasteiger partial charge on any atom is 0.509 e. The van der Waals surface area contributed by atoms with Gasteiger partial charge in [-0.2, -0.15) is 0 Å². The van der Waals surface area contributed by atoms with E-state index < -0.39 is 40.4 Å². The van der Waals surface area contributed by atoms with E-state index in [0.29, 0.717) is 0 Å². The number of carbonyl (C=O) groups is 3. The van der Waals surface area contributed by atoms with Crippen LogP contribution in [-0.4, -0.2) is 43.5 Å². The third-order valence-corrected chi connectivity index (χ3v) is 2.91. The molecule has 0 heterocycles. The van der Waals surface area contributed by atoms with Crippen molar-refractivity contribution in [3.63, 3.8) is 0 Å². The highest BCUT2D eigenvalue weighted by atomic mass is 35.5. The van der Waals surface area contributed by atoms with E-state index in [0.717, 1.165) is 0 Å². The highest BCUT2D eigenvalue weighted by molar-refractivity contribution is 6.19. The van der Waals surface area contributed by atoms with Crippen molar-refractivity contribution in [2.45, 2.75) is 54.0 Å². The summed E-state index contributed by atoms with van der Waals surface area (Å²) in [4.78, 5) is 35.1. The number of esters is 2. The van der Waals surface area contributed by atoms with Crippen LogP contribution in [0.5, 0.6) is 0 Å². The van der Waals surface area contributed by atoms with Crippen LogP contribution in [0.4, 0.5) is 4.79 Å². The first kappa shape index (κ1) is 23.5. The Morgan fingerprint density at radius 2 is 1.16 bits per heavy atom. The summed E-state index contributed by atoms with van der Waals surface area (Å²) in [6.45, 7) is 11.5. The number of hydrogen-bond acceptors (Lipinski definition) is 7. The maximum absolute atomic E-state index is 11.9. The summed E-state index contributed by atoms with van der Waals surface area (Å²) in [5, 5.41) is 0. The molecular weight excluding hydrogens is 352 g/mol. The van der Waals surface area contributed by atoms with Gasteiger partial charge in [0, 0.05) is 0 Å². The fourth-order valence-electron chi connectivity index (χ4n) is 1.32. The fourth-order valence-corrected chi connectivity index (χ4v) is 1.39. The summed E-state index contributed by atoms with van der Waals surface area (Å²) in [6.07, 6.45) is -0.947. The average molecular weight is 381 g/mol. The van der Waals surface area contributed by atoms with Crippen molar-refractivity contribution in [2.75, 3.05) is 19.8 Å². The lowest BCUT2D eigenvalue weighted by Gasteiger charge is -2.23. The van der Waals surface area contributed by atoms with E-state index in [4.69, 9.17) is 25.8 Å². The molecule has 0 aliphatic rings. The molecule has 0 aromatic rings. The monoisotopic (exact) mass is 380 g/mol. The number of ether oxygens (including phenoxy) is 4. The normalized spacial score (nSPS) is 13.2. The molecule has 0 radical (unpaired) electrons. The van der Waals surface area contributed by atoms with Crippen molar-refractivity contribution < 1.29 is 33.3 Å². The van der Waals surface area contributed by atoms with Gasteiger partial charge in [-0.25, -0.2) is 4.79 Å².